The highest BCUT2D eigenvalue weighted by Crippen LogP contribution is 2.38. The Morgan fingerprint density at radius 3 is 2.63 bits per heavy atom. The van der Waals surface area contributed by atoms with Crippen LogP contribution in [0.4, 0.5) is 0 Å². The molecule has 2 atom stereocenters. The molecular formula is C16H23NO2. The smallest absolute Gasteiger partial charge is 0.125 e. The molecule has 19 heavy (non-hydrogen) atoms. The van der Waals surface area contributed by atoms with Crippen molar-refractivity contribution in [2.75, 3.05) is 19.7 Å². The highest BCUT2D eigenvalue weighted by molar-refractivity contribution is 5.46. The topological polar surface area (TPSA) is 32.7 Å². The molecule has 0 aliphatic carbocycles. The van der Waals surface area contributed by atoms with Gasteiger partial charge in [-0.25, -0.2) is 0 Å². The SMILES string of the molecule is Cc1cc(C)c2c(c1)OCC(N1CCCCC1)C2O. The Balaban J connectivity index is 1.88. The maximum Gasteiger partial charge on any atom is 0.125 e. The Kier molecular flexibility index (Phi) is 3.50. The Hall–Kier alpha value is -1.06. The number of likely N-dealkylation sites (tertiary alicyclic amines) is 1. The summed E-state index contributed by atoms with van der Waals surface area (Å²) in [6.07, 6.45) is 3.38. The molecule has 2 aliphatic rings. The number of hydrogen-bond acceptors (Lipinski definition) is 3. The van der Waals surface area contributed by atoms with Crippen LogP contribution in [0.3, 0.4) is 0 Å². The largest absolute Gasteiger partial charge is 0.491 e. The Bertz CT molecular complexity index is 466. The molecule has 1 N–H and O–H groups in total. The first kappa shape index (κ1) is 12.9. The zero-order valence-electron chi connectivity index (χ0n) is 11.9. The maximum absolute atomic E-state index is 10.7. The number of fused-ring (bicyclic) bond motifs is 1. The fourth-order valence-electron chi connectivity index (χ4n) is 3.45. The first-order valence-corrected chi connectivity index (χ1v) is 7.33. The summed E-state index contributed by atoms with van der Waals surface area (Å²) in [5, 5.41) is 10.7. The van der Waals surface area contributed by atoms with Crippen LogP contribution in [-0.2, 0) is 0 Å². The van der Waals surface area contributed by atoms with E-state index in [9.17, 15) is 5.11 Å². The molecular weight excluding hydrogens is 238 g/mol. The van der Waals surface area contributed by atoms with Crippen molar-refractivity contribution in [3.8, 4) is 5.75 Å². The van der Waals surface area contributed by atoms with Crippen molar-refractivity contribution in [2.24, 2.45) is 0 Å². The molecule has 0 spiro atoms. The third kappa shape index (κ3) is 2.37. The second-order valence-electron chi connectivity index (χ2n) is 5.91. The number of aliphatic hydroxyl groups is 1. The molecule has 3 nitrogen and oxygen atoms in total. The zero-order chi connectivity index (χ0) is 13.4. The first-order chi connectivity index (χ1) is 9.16. The van der Waals surface area contributed by atoms with Gasteiger partial charge in [-0.1, -0.05) is 12.5 Å². The van der Waals surface area contributed by atoms with Crippen LogP contribution >= 0.6 is 0 Å². The molecule has 2 unspecified atom stereocenters. The van der Waals surface area contributed by atoms with E-state index >= 15 is 0 Å². The molecule has 0 radical (unpaired) electrons. The van der Waals surface area contributed by atoms with Gasteiger partial charge in [0.1, 0.15) is 18.5 Å². The summed E-state index contributed by atoms with van der Waals surface area (Å²) in [6.45, 7) is 6.92. The van der Waals surface area contributed by atoms with E-state index in [1.54, 1.807) is 0 Å². The lowest BCUT2D eigenvalue weighted by molar-refractivity contribution is -0.00475. The van der Waals surface area contributed by atoms with Crippen LogP contribution in [0.25, 0.3) is 0 Å². The summed E-state index contributed by atoms with van der Waals surface area (Å²) in [5.74, 6) is 0.873. The molecule has 1 saturated heterocycles. The highest BCUT2D eigenvalue weighted by atomic mass is 16.5. The fraction of sp³-hybridized carbons (Fsp3) is 0.625. The lowest BCUT2D eigenvalue weighted by Gasteiger charge is -2.40. The Labute approximate surface area is 115 Å². The van der Waals surface area contributed by atoms with Gasteiger partial charge in [0.15, 0.2) is 0 Å². The maximum atomic E-state index is 10.7. The number of hydrogen-bond donors (Lipinski definition) is 1. The van der Waals surface area contributed by atoms with E-state index in [1.807, 2.05) is 6.07 Å². The number of aryl methyl sites for hydroxylation is 2. The lowest BCUT2D eigenvalue weighted by Crippen LogP contribution is -2.48. The van der Waals surface area contributed by atoms with E-state index in [0.717, 1.165) is 30.0 Å². The van der Waals surface area contributed by atoms with Gasteiger partial charge in [0.25, 0.3) is 0 Å². The summed E-state index contributed by atoms with van der Waals surface area (Å²) in [5.41, 5.74) is 3.33. The molecule has 0 aromatic heterocycles. The van der Waals surface area contributed by atoms with E-state index in [4.69, 9.17) is 4.74 Å². The predicted octanol–water partition coefficient (Wildman–Crippen LogP) is 2.58. The minimum Gasteiger partial charge on any atom is -0.491 e. The lowest BCUT2D eigenvalue weighted by atomic mass is 9.92. The van der Waals surface area contributed by atoms with Crippen molar-refractivity contribution >= 4 is 0 Å². The van der Waals surface area contributed by atoms with Gasteiger partial charge in [-0.05, 0) is 57.0 Å². The van der Waals surface area contributed by atoms with E-state index in [2.05, 4.69) is 24.8 Å². The highest BCUT2D eigenvalue weighted by Gasteiger charge is 2.35. The molecule has 1 aromatic carbocycles. The van der Waals surface area contributed by atoms with Crippen LogP contribution in [0.2, 0.25) is 0 Å². The summed E-state index contributed by atoms with van der Waals surface area (Å²) in [6, 6.07) is 4.29. The van der Waals surface area contributed by atoms with Crippen LogP contribution in [0.5, 0.6) is 5.75 Å². The van der Waals surface area contributed by atoms with Gasteiger partial charge in [0.2, 0.25) is 0 Å². The van der Waals surface area contributed by atoms with E-state index < -0.39 is 6.10 Å². The van der Waals surface area contributed by atoms with Crippen LogP contribution in [0, 0.1) is 13.8 Å². The average molecular weight is 261 g/mol. The molecule has 0 amide bonds. The molecule has 2 heterocycles. The number of ether oxygens (including phenoxy) is 1. The van der Waals surface area contributed by atoms with Crippen molar-refractivity contribution in [2.45, 2.75) is 45.3 Å². The fourth-order valence-corrected chi connectivity index (χ4v) is 3.45. The van der Waals surface area contributed by atoms with E-state index in [-0.39, 0.29) is 6.04 Å². The van der Waals surface area contributed by atoms with Crippen molar-refractivity contribution < 1.29 is 9.84 Å². The average Bonchev–Trinajstić information content (AvgIpc) is 2.39. The summed E-state index contributed by atoms with van der Waals surface area (Å²) < 4.78 is 5.92. The molecule has 3 rings (SSSR count). The van der Waals surface area contributed by atoms with Crippen LogP contribution < -0.4 is 4.74 Å². The number of aliphatic hydroxyl groups excluding tert-OH is 1. The molecule has 1 fully saturated rings. The monoisotopic (exact) mass is 261 g/mol. The van der Waals surface area contributed by atoms with Crippen molar-refractivity contribution in [1.82, 2.24) is 4.90 Å². The molecule has 1 aromatic rings. The minimum atomic E-state index is -0.414. The molecule has 104 valence electrons. The summed E-state index contributed by atoms with van der Waals surface area (Å²) in [7, 11) is 0. The van der Waals surface area contributed by atoms with Crippen molar-refractivity contribution in [3.05, 3.63) is 28.8 Å². The molecule has 0 bridgehead atoms. The molecule has 2 aliphatic heterocycles. The van der Waals surface area contributed by atoms with E-state index in [1.165, 1.54) is 24.8 Å². The van der Waals surface area contributed by atoms with Gasteiger partial charge in [-0.2, -0.15) is 0 Å². The normalized spacial score (nSPS) is 27.7. The Morgan fingerprint density at radius 2 is 1.89 bits per heavy atom. The van der Waals surface area contributed by atoms with Gasteiger partial charge in [-0.15, -0.1) is 0 Å². The third-order valence-corrected chi connectivity index (χ3v) is 4.42. The standard InChI is InChI=1S/C16H23NO2/c1-11-8-12(2)15-14(9-11)19-10-13(16(15)18)17-6-4-3-5-7-17/h8-9,13,16,18H,3-7,10H2,1-2H3. The third-order valence-electron chi connectivity index (χ3n) is 4.42. The summed E-state index contributed by atoms with van der Waals surface area (Å²) in [4.78, 5) is 2.40. The number of nitrogens with zero attached hydrogens (tertiary/aromatic N) is 1. The van der Waals surface area contributed by atoms with Crippen LogP contribution in [-0.4, -0.2) is 35.7 Å². The van der Waals surface area contributed by atoms with Gasteiger partial charge >= 0.3 is 0 Å². The van der Waals surface area contributed by atoms with Crippen LogP contribution in [0.1, 0.15) is 42.1 Å². The number of benzene rings is 1. The van der Waals surface area contributed by atoms with Gasteiger partial charge in [0.05, 0.1) is 6.04 Å². The second kappa shape index (κ2) is 5.14. The minimum absolute atomic E-state index is 0.120. The van der Waals surface area contributed by atoms with Crippen LogP contribution in [0.15, 0.2) is 12.1 Å². The summed E-state index contributed by atoms with van der Waals surface area (Å²) >= 11 is 0. The van der Waals surface area contributed by atoms with Gasteiger partial charge in [-0.3, -0.25) is 4.90 Å². The van der Waals surface area contributed by atoms with Gasteiger partial charge < -0.3 is 9.84 Å². The second-order valence-corrected chi connectivity index (χ2v) is 5.91. The number of rotatable bonds is 1. The first-order valence-electron chi connectivity index (χ1n) is 7.33. The predicted molar refractivity (Wildman–Crippen MR) is 75.6 cm³/mol. The quantitative estimate of drug-likeness (QED) is 0.843. The molecule has 3 heteroatoms. The van der Waals surface area contributed by atoms with Crippen molar-refractivity contribution in [3.63, 3.8) is 0 Å². The number of piperidine rings is 1. The zero-order valence-corrected chi connectivity index (χ0v) is 11.9. The van der Waals surface area contributed by atoms with Crippen molar-refractivity contribution in [1.29, 1.82) is 0 Å². The van der Waals surface area contributed by atoms with Gasteiger partial charge in [0, 0.05) is 5.56 Å². The Morgan fingerprint density at radius 1 is 1.16 bits per heavy atom. The van der Waals surface area contributed by atoms with E-state index in [0.29, 0.717) is 6.61 Å². The molecule has 0 saturated carbocycles.